The molecule has 2 rings (SSSR count). The van der Waals surface area contributed by atoms with E-state index in [1.807, 2.05) is 20.8 Å². The summed E-state index contributed by atoms with van der Waals surface area (Å²) in [5.74, 6) is -0.405. The van der Waals surface area contributed by atoms with E-state index in [2.05, 4.69) is 15.5 Å². The maximum absolute atomic E-state index is 12.0. The number of rotatable bonds is 4. The summed E-state index contributed by atoms with van der Waals surface area (Å²) in [5.41, 5.74) is 2.24. The monoisotopic (exact) mass is 312 g/mol. The highest BCUT2D eigenvalue weighted by Gasteiger charge is 2.17. The Kier molecular flexibility index (Phi) is 4.34. The molecule has 1 atom stereocenters. The summed E-state index contributed by atoms with van der Waals surface area (Å²) < 4.78 is 13.6. The van der Waals surface area contributed by atoms with Crippen molar-refractivity contribution in [3.63, 3.8) is 0 Å². The molecule has 2 aromatic heterocycles. The molecule has 6 nitrogen and oxygen atoms in total. The van der Waals surface area contributed by atoms with Gasteiger partial charge in [-0.3, -0.25) is 9.00 Å². The summed E-state index contributed by atoms with van der Waals surface area (Å²) in [4.78, 5) is 13.1. The number of aryl methyl sites for hydroxylation is 2. The zero-order valence-corrected chi connectivity index (χ0v) is 13.4. The number of nitrogens with zero attached hydrogens (tertiary/aromatic N) is 3. The Morgan fingerprint density at radius 1 is 1.40 bits per heavy atom. The minimum atomic E-state index is -1.49. The van der Waals surface area contributed by atoms with Gasteiger partial charge in [-0.05, 0) is 31.9 Å². The third-order valence-corrected chi connectivity index (χ3v) is 5.60. The normalized spacial score (nSPS) is 12.4. The van der Waals surface area contributed by atoms with Crippen molar-refractivity contribution in [2.75, 3.05) is 11.1 Å². The number of aromatic nitrogens is 3. The van der Waals surface area contributed by atoms with Crippen molar-refractivity contribution < 1.29 is 9.00 Å². The molecule has 0 aromatic carbocycles. The van der Waals surface area contributed by atoms with E-state index in [1.165, 1.54) is 28.1 Å². The topological polar surface area (TPSA) is 76.9 Å². The van der Waals surface area contributed by atoms with Gasteiger partial charge < -0.3 is 9.88 Å². The summed E-state index contributed by atoms with van der Waals surface area (Å²) in [7, 11) is 0.205. The molecule has 2 aromatic rings. The Balaban J connectivity index is 2.04. The first-order chi connectivity index (χ1) is 9.40. The van der Waals surface area contributed by atoms with E-state index in [0.29, 0.717) is 5.16 Å². The number of carbonyl (C=O) groups is 1. The minimum absolute atomic E-state index is 0.123. The Morgan fingerprint density at radius 2 is 2.10 bits per heavy atom. The highest BCUT2D eigenvalue weighted by Crippen LogP contribution is 2.31. The van der Waals surface area contributed by atoms with Crippen LogP contribution in [-0.2, 0) is 22.6 Å². The van der Waals surface area contributed by atoms with Gasteiger partial charge >= 0.3 is 0 Å². The molecule has 20 heavy (non-hydrogen) atoms. The minimum Gasteiger partial charge on any atom is -0.317 e. The Hall–Kier alpha value is -1.54. The van der Waals surface area contributed by atoms with Crippen LogP contribution in [0.2, 0.25) is 0 Å². The maximum atomic E-state index is 12.0. The first-order valence-electron chi connectivity index (χ1n) is 5.99. The van der Waals surface area contributed by atoms with E-state index in [9.17, 15) is 9.00 Å². The van der Waals surface area contributed by atoms with Crippen molar-refractivity contribution in [1.82, 2.24) is 14.8 Å². The molecule has 0 aliphatic carbocycles. The average Bonchev–Trinajstić information content (AvgIpc) is 2.90. The molecule has 1 unspecified atom stereocenters. The van der Waals surface area contributed by atoms with Crippen molar-refractivity contribution in [2.24, 2.45) is 7.05 Å². The summed E-state index contributed by atoms with van der Waals surface area (Å²) >= 11 is 1.53. The largest absolute Gasteiger partial charge is 0.317 e. The third kappa shape index (κ3) is 2.96. The van der Waals surface area contributed by atoms with E-state index >= 15 is 0 Å². The zero-order chi connectivity index (χ0) is 14.9. The van der Waals surface area contributed by atoms with Crippen LogP contribution in [0.3, 0.4) is 0 Å². The van der Waals surface area contributed by atoms with Crippen molar-refractivity contribution >= 4 is 33.0 Å². The van der Waals surface area contributed by atoms with Crippen LogP contribution in [0.4, 0.5) is 5.00 Å². The van der Waals surface area contributed by atoms with Gasteiger partial charge in [0.25, 0.3) is 0 Å². The first kappa shape index (κ1) is 14.9. The lowest BCUT2D eigenvalue weighted by Crippen LogP contribution is -2.20. The lowest BCUT2D eigenvalue weighted by Gasteiger charge is -2.04. The van der Waals surface area contributed by atoms with Crippen LogP contribution in [0.1, 0.15) is 16.0 Å². The van der Waals surface area contributed by atoms with Crippen molar-refractivity contribution in [2.45, 2.75) is 25.9 Å². The number of amides is 1. The van der Waals surface area contributed by atoms with Gasteiger partial charge in [0.1, 0.15) is 22.9 Å². The van der Waals surface area contributed by atoms with Gasteiger partial charge in [-0.25, -0.2) is 0 Å². The number of thiophene rings is 1. The SMILES string of the molecule is Cc1sc(NC(=O)CS(=O)c2nncn2C)c(C)c1C. The molecule has 0 saturated carbocycles. The Labute approximate surface area is 123 Å². The van der Waals surface area contributed by atoms with Gasteiger partial charge in [0.2, 0.25) is 11.1 Å². The maximum Gasteiger partial charge on any atom is 0.238 e. The molecule has 108 valence electrons. The van der Waals surface area contributed by atoms with Crippen LogP contribution in [0, 0.1) is 20.8 Å². The molecule has 0 aliphatic heterocycles. The number of nitrogens with one attached hydrogen (secondary N) is 1. The summed E-state index contributed by atoms with van der Waals surface area (Å²) in [6.07, 6.45) is 1.46. The summed E-state index contributed by atoms with van der Waals surface area (Å²) in [6, 6.07) is 0. The molecule has 0 saturated heterocycles. The van der Waals surface area contributed by atoms with Crippen molar-refractivity contribution in [1.29, 1.82) is 0 Å². The van der Waals surface area contributed by atoms with E-state index in [0.717, 1.165) is 10.6 Å². The smallest absolute Gasteiger partial charge is 0.238 e. The molecule has 1 N–H and O–H groups in total. The number of hydrogen-bond acceptors (Lipinski definition) is 5. The molecule has 1 amide bonds. The Bertz CT molecular complexity index is 675. The summed E-state index contributed by atoms with van der Waals surface area (Å²) in [5, 5.41) is 11.3. The van der Waals surface area contributed by atoms with Crippen LogP contribution in [0.15, 0.2) is 11.5 Å². The van der Waals surface area contributed by atoms with Gasteiger partial charge in [-0.1, -0.05) is 0 Å². The van der Waals surface area contributed by atoms with Gasteiger partial charge in [0.15, 0.2) is 0 Å². The molecule has 2 heterocycles. The van der Waals surface area contributed by atoms with Gasteiger partial charge in [-0.15, -0.1) is 21.5 Å². The predicted molar refractivity (Wildman–Crippen MR) is 79.4 cm³/mol. The molecule has 0 aliphatic rings. The van der Waals surface area contributed by atoms with E-state index in [-0.39, 0.29) is 11.7 Å². The summed E-state index contributed by atoms with van der Waals surface area (Å²) in [6.45, 7) is 6.00. The third-order valence-electron chi connectivity index (χ3n) is 3.07. The molecule has 0 fully saturated rings. The molecular formula is C12H16N4O2S2. The number of hydrogen-bond donors (Lipinski definition) is 1. The van der Waals surface area contributed by atoms with E-state index < -0.39 is 10.8 Å². The lowest BCUT2D eigenvalue weighted by molar-refractivity contribution is -0.113. The van der Waals surface area contributed by atoms with Gasteiger partial charge in [-0.2, -0.15) is 0 Å². The lowest BCUT2D eigenvalue weighted by atomic mass is 10.2. The fourth-order valence-electron chi connectivity index (χ4n) is 1.68. The van der Waals surface area contributed by atoms with Crippen LogP contribution < -0.4 is 5.32 Å². The fourth-order valence-corrected chi connectivity index (χ4v) is 3.71. The van der Waals surface area contributed by atoms with Crippen LogP contribution in [0.5, 0.6) is 0 Å². The molecule has 0 spiro atoms. The van der Waals surface area contributed by atoms with Crippen LogP contribution in [-0.4, -0.2) is 30.6 Å². The zero-order valence-electron chi connectivity index (χ0n) is 11.8. The highest BCUT2D eigenvalue weighted by molar-refractivity contribution is 7.85. The second kappa shape index (κ2) is 5.84. The Morgan fingerprint density at radius 3 is 2.60 bits per heavy atom. The van der Waals surface area contributed by atoms with Crippen LogP contribution in [0.25, 0.3) is 0 Å². The molecule has 8 heteroatoms. The van der Waals surface area contributed by atoms with Crippen LogP contribution >= 0.6 is 11.3 Å². The standard InChI is InChI=1S/C12H16N4O2S2/c1-7-8(2)11(19-9(7)3)14-10(17)5-20(18)12-15-13-6-16(12)4/h6H,5H2,1-4H3,(H,14,17). The van der Waals surface area contributed by atoms with Crippen molar-refractivity contribution in [3.05, 3.63) is 22.3 Å². The van der Waals surface area contributed by atoms with Gasteiger partial charge in [0.05, 0.1) is 5.00 Å². The second-order valence-corrected chi connectivity index (χ2v) is 7.07. The fraction of sp³-hybridized carbons (Fsp3) is 0.417. The molecular weight excluding hydrogens is 296 g/mol. The quantitative estimate of drug-likeness (QED) is 0.929. The molecule has 0 bridgehead atoms. The average molecular weight is 312 g/mol. The van der Waals surface area contributed by atoms with Crippen molar-refractivity contribution in [3.8, 4) is 0 Å². The van der Waals surface area contributed by atoms with E-state index in [1.54, 1.807) is 11.6 Å². The second-order valence-electron chi connectivity index (χ2n) is 4.50. The predicted octanol–water partition coefficient (Wildman–Crippen LogP) is 1.55. The van der Waals surface area contributed by atoms with E-state index in [4.69, 9.17) is 0 Å². The molecule has 0 radical (unpaired) electrons. The highest BCUT2D eigenvalue weighted by atomic mass is 32.2. The first-order valence-corrected chi connectivity index (χ1v) is 8.12. The van der Waals surface area contributed by atoms with Gasteiger partial charge in [0, 0.05) is 11.9 Å². The number of anilines is 1. The number of carbonyl (C=O) groups excluding carboxylic acids is 1.